The molecule has 0 fully saturated rings. The van der Waals surface area contributed by atoms with Crippen molar-refractivity contribution in [3.8, 4) is 0 Å². The van der Waals surface area contributed by atoms with Gasteiger partial charge in [0.05, 0.1) is 12.2 Å². The number of aryl methyl sites for hydroxylation is 1. The molecular formula is C20H25N3O3. The van der Waals surface area contributed by atoms with Gasteiger partial charge in [-0.15, -0.1) is 0 Å². The van der Waals surface area contributed by atoms with E-state index in [-0.39, 0.29) is 11.8 Å². The normalized spacial score (nSPS) is 10.3. The Labute approximate surface area is 154 Å². The molecule has 0 bridgehead atoms. The van der Waals surface area contributed by atoms with E-state index in [9.17, 15) is 9.59 Å². The smallest absolute Gasteiger partial charge is 0.255 e. The second-order valence-electron chi connectivity index (χ2n) is 6.20. The second-order valence-corrected chi connectivity index (χ2v) is 6.20. The van der Waals surface area contributed by atoms with Crippen LogP contribution in [0.4, 0.5) is 11.4 Å². The number of nitrogens with one attached hydrogen (secondary N) is 2. The summed E-state index contributed by atoms with van der Waals surface area (Å²) in [5.74, 6) is -0.425. The van der Waals surface area contributed by atoms with E-state index in [1.54, 1.807) is 31.4 Å². The first kappa shape index (κ1) is 19.5. The summed E-state index contributed by atoms with van der Waals surface area (Å²) < 4.78 is 4.96. The fourth-order valence-electron chi connectivity index (χ4n) is 2.46. The molecule has 2 aromatic carbocycles. The maximum Gasteiger partial charge on any atom is 0.255 e. The predicted molar refractivity (Wildman–Crippen MR) is 104 cm³/mol. The zero-order valence-corrected chi connectivity index (χ0v) is 15.6. The highest BCUT2D eigenvalue weighted by Crippen LogP contribution is 2.23. The van der Waals surface area contributed by atoms with Crippen molar-refractivity contribution in [3.63, 3.8) is 0 Å². The number of anilines is 2. The monoisotopic (exact) mass is 355 g/mol. The molecule has 0 aliphatic rings. The van der Waals surface area contributed by atoms with Crippen LogP contribution in [0.25, 0.3) is 0 Å². The minimum absolute atomic E-state index is 0.211. The Kier molecular flexibility index (Phi) is 6.74. The van der Waals surface area contributed by atoms with Gasteiger partial charge in [-0.05, 0) is 37.3 Å². The summed E-state index contributed by atoms with van der Waals surface area (Å²) in [6.07, 6.45) is 0. The van der Waals surface area contributed by atoms with Crippen LogP contribution in [-0.2, 0) is 4.74 Å². The first-order valence-electron chi connectivity index (χ1n) is 8.39. The summed E-state index contributed by atoms with van der Waals surface area (Å²) >= 11 is 0. The minimum Gasteiger partial charge on any atom is -0.383 e. The summed E-state index contributed by atoms with van der Waals surface area (Å²) in [7, 11) is 5.32. The summed E-state index contributed by atoms with van der Waals surface area (Å²) in [5.41, 5.74) is 3.49. The van der Waals surface area contributed by atoms with Gasteiger partial charge in [-0.2, -0.15) is 0 Å². The number of hydrogen-bond donors (Lipinski definition) is 2. The van der Waals surface area contributed by atoms with Crippen molar-refractivity contribution in [1.29, 1.82) is 0 Å². The van der Waals surface area contributed by atoms with Crippen LogP contribution in [0.2, 0.25) is 0 Å². The van der Waals surface area contributed by atoms with Gasteiger partial charge in [-0.25, -0.2) is 0 Å². The molecule has 2 aromatic rings. The molecule has 0 saturated carbocycles. The average Bonchev–Trinajstić information content (AvgIpc) is 2.62. The Morgan fingerprint density at radius 2 is 1.73 bits per heavy atom. The lowest BCUT2D eigenvalue weighted by Gasteiger charge is -2.18. The number of benzene rings is 2. The molecule has 0 aliphatic carbocycles. The fraction of sp³-hybridized carbons (Fsp3) is 0.300. The van der Waals surface area contributed by atoms with Crippen LogP contribution in [0.5, 0.6) is 0 Å². The molecule has 6 heteroatoms. The summed E-state index contributed by atoms with van der Waals surface area (Å²) in [6, 6.07) is 12.6. The van der Waals surface area contributed by atoms with Gasteiger partial charge in [0.15, 0.2) is 0 Å². The first-order valence-corrected chi connectivity index (χ1v) is 8.39. The molecule has 2 rings (SSSR count). The van der Waals surface area contributed by atoms with Crippen LogP contribution in [0.15, 0.2) is 42.5 Å². The number of hydrogen-bond acceptors (Lipinski definition) is 4. The van der Waals surface area contributed by atoms with Crippen molar-refractivity contribution < 1.29 is 14.3 Å². The summed E-state index contributed by atoms with van der Waals surface area (Å²) in [4.78, 5) is 26.7. The number of carbonyl (C=O) groups excluding carboxylic acids is 2. The maximum absolute atomic E-state index is 12.5. The molecule has 0 heterocycles. The molecule has 0 saturated heterocycles. The van der Waals surface area contributed by atoms with E-state index in [0.29, 0.717) is 30.0 Å². The SMILES string of the molecule is COCCNC(=O)c1cc(NC(=O)c2ccc(C)cc2)ccc1N(C)C. The van der Waals surface area contributed by atoms with Gasteiger partial charge in [0, 0.05) is 44.7 Å². The highest BCUT2D eigenvalue weighted by molar-refractivity contribution is 6.06. The number of ether oxygens (including phenoxy) is 1. The van der Waals surface area contributed by atoms with Crippen molar-refractivity contribution >= 4 is 23.2 Å². The van der Waals surface area contributed by atoms with Gasteiger partial charge >= 0.3 is 0 Å². The first-order chi connectivity index (χ1) is 12.4. The Bertz CT molecular complexity index is 770. The van der Waals surface area contributed by atoms with Gasteiger partial charge in [0.1, 0.15) is 0 Å². The molecule has 2 amide bonds. The summed E-state index contributed by atoms with van der Waals surface area (Å²) in [6.45, 7) is 2.82. The van der Waals surface area contributed by atoms with E-state index >= 15 is 0 Å². The van der Waals surface area contributed by atoms with Gasteiger partial charge in [0.25, 0.3) is 11.8 Å². The van der Waals surface area contributed by atoms with E-state index in [2.05, 4.69) is 10.6 Å². The average molecular weight is 355 g/mol. The number of rotatable bonds is 7. The van der Waals surface area contributed by atoms with Crippen LogP contribution >= 0.6 is 0 Å². The lowest BCUT2D eigenvalue weighted by Crippen LogP contribution is -2.28. The van der Waals surface area contributed by atoms with Gasteiger partial charge in [-0.3, -0.25) is 9.59 Å². The Balaban J connectivity index is 2.21. The molecule has 138 valence electrons. The molecule has 0 atom stereocenters. The van der Waals surface area contributed by atoms with Gasteiger partial charge in [0.2, 0.25) is 0 Å². The molecule has 6 nitrogen and oxygen atoms in total. The Morgan fingerprint density at radius 3 is 2.35 bits per heavy atom. The lowest BCUT2D eigenvalue weighted by molar-refractivity contribution is 0.0936. The number of amides is 2. The largest absolute Gasteiger partial charge is 0.383 e. The maximum atomic E-state index is 12.5. The van der Waals surface area contributed by atoms with Crippen molar-refractivity contribution in [2.75, 3.05) is 44.6 Å². The van der Waals surface area contributed by atoms with Crippen molar-refractivity contribution in [3.05, 3.63) is 59.2 Å². The minimum atomic E-state index is -0.214. The number of methoxy groups -OCH3 is 1. The Morgan fingerprint density at radius 1 is 1.04 bits per heavy atom. The van der Waals surface area contributed by atoms with E-state index in [4.69, 9.17) is 4.74 Å². The highest BCUT2D eigenvalue weighted by atomic mass is 16.5. The lowest BCUT2D eigenvalue weighted by atomic mass is 10.1. The third-order valence-electron chi connectivity index (χ3n) is 3.89. The van der Waals surface area contributed by atoms with Crippen LogP contribution in [-0.4, -0.2) is 46.2 Å². The van der Waals surface area contributed by atoms with Crippen LogP contribution < -0.4 is 15.5 Å². The summed E-state index contributed by atoms with van der Waals surface area (Å²) in [5, 5.41) is 5.65. The van der Waals surface area contributed by atoms with E-state index < -0.39 is 0 Å². The zero-order valence-electron chi connectivity index (χ0n) is 15.6. The van der Waals surface area contributed by atoms with Crippen molar-refractivity contribution in [2.45, 2.75) is 6.92 Å². The zero-order chi connectivity index (χ0) is 19.1. The van der Waals surface area contributed by atoms with Crippen LogP contribution in [0, 0.1) is 6.92 Å². The van der Waals surface area contributed by atoms with Crippen molar-refractivity contribution in [2.24, 2.45) is 0 Å². The van der Waals surface area contributed by atoms with Gasteiger partial charge < -0.3 is 20.3 Å². The third kappa shape index (κ3) is 5.07. The fourth-order valence-corrected chi connectivity index (χ4v) is 2.46. The van der Waals surface area contributed by atoms with E-state index in [1.165, 1.54) is 0 Å². The van der Waals surface area contributed by atoms with E-state index in [1.807, 2.05) is 44.1 Å². The molecule has 26 heavy (non-hydrogen) atoms. The molecule has 0 spiro atoms. The van der Waals surface area contributed by atoms with Gasteiger partial charge in [-0.1, -0.05) is 17.7 Å². The highest BCUT2D eigenvalue weighted by Gasteiger charge is 2.15. The predicted octanol–water partition coefficient (Wildman–Crippen LogP) is 2.69. The Hall–Kier alpha value is -2.86. The molecule has 2 N–H and O–H groups in total. The third-order valence-corrected chi connectivity index (χ3v) is 3.89. The second kappa shape index (κ2) is 9.01. The molecular weight excluding hydrogens is 330 g/mol. The van der Waals surface area contributed by atoms with Crippen LogP contribution in [0.1, 0.15) is 26.3 Å². The molecule has 0 aliphatic heterocycles. The topological polar surface area (TPSA) is 70.7 Å². The number of carbonyl (C=O) groups is 2. The van der Waals surface area contributed by atoms with E-state index in [0.717, 1.165) is 11.3 Å². The molecule has 0 unspecified atom stereocenters. The van der Waals surface area contributed by atoms with Crippen LogP contribution in [0.3, 0.4) is 0 Å². The quantitative estimate of drug-likeness (QED) is 0.749. The molecule has 0 aromatic heterocycles. The van der Waals surface area contributed by atoms with Crippen molar-refractivity contribution in [1.82, 2.24) is 5.32 Å². The standard InChI is InChI=1S/C20H25N3O3/c1-14-5-7-15(8-6-14)19(24)22-16-9-10-18(23(2)3)17(13-16)20(25)21-11-12-26-4/h5-10,13H,11-12H2,1-4H3,(H,21,25)(H,22,24). The molecule has 0 radical (unpaired) electrons. The number of nitrogens with zero attached hydrogens (tertiary/aromatic N) is 1.